The third-order valence-electron chi connectivity index (χ3n) is 3.64. The van der Waals surface area contributed by atoms with Gasteiger partial charge in [-0.3, -0.25) is 4.79 Å². The average Bonchev–Trinajstić information content (AvgIpc) is 2.54. The van der Waals surface area contributed by atoms with Crippen molar-refractivity contribution < 1.29 is 9.53 Å². The lowest BCUT2D eigenvalue weighted by atomic mass is 10.1. The summed E-state index contributed by atoms with van der Waals surface area (Å²) in [7, 11) is 0. The molecule has 2 N–H and O–H groups in total. The van der Waals surface area contributed by atoms with Gasteiger partial charge < -0.3 is 15.4 Å². The van der Waals surface area contributed by atoms with Gasteiger partial charge in [-0.1, -0.05) is 11.6 Å². The fraction of sp³-hybridized carbons (Fsp3) is 0.353. The predicted octanol–water partition coefficient (Wildman–Crippen LogP) is 3.08. The standard InChI is InChI=1S/C17H21ClN4O2/c1-4-22(5-2)16(23)15-11(3)20-17(19)21-14(15)10-24-13-8-6-12(18)7-9-13/h6-9H,4-5,10H2,1-3H3,(H2,19,20,21). The maximum Gasteiger partial charge on any atom is 0.257 e. The molecule has 0 aliphatic heterocycles. The number of carbonyl (C=O) groups excluding carboxylic acids is 1. The molecule has 0 fully saturated rings. The number of nitrogen functional groups attached to an aromatic ring is 1. The van der Waals surface area contributed by atoms with E-state index in [1.807, 2.05) is 13.8 Å². The third-order valence-corrected chi connectivity index (χ3v) is 3.89. The molecule has 1 aromatic heterocycles. The molecule has 1 heterocycles. The van der Waals surface area contributed by atoms with Crippen LogP contribution in [0, 0.1) is 6.92 Å². The fourth-order valence-electron chi connectivity index (χ4n) is 2.39. The molecule has 0 bridgehead atoms. The number of ether oxygens (including phenoxy) is 1. The Morgan fingerprint density at radius 2 is 1.83 bits per heavy atom. The number of amides is 1. The number of benzene rings is 1. The smallest absolute Gasteiger partial charge is 0.257 e. The number of hydrogen-bond donors (Lipinski definition) is 1. The third kappa shape index (κ3) is 4.14. The quantitative estimate of drug-likeness (QED) is 0.867. The van der Waals surface area contributed by atoms with Crippen LogP contribution < -0.4 is 10.5 Å². The molecule has 6 nitrogen and oxygen atoms in total. The summed E-state index contributed by atoms with van der Waals surface area (Å²) < 4.78 is 5.72. The van der Waals surface area contributed by atoms with Gasteiger partial charge >= 0.3 is 0 Å². The van der Waals surface area contributed by atoms with Crippen molar-refractivity contribution in [3.8, 4) is 5.75 Å². The van der Waals surface area contributed by atoms with Crippen LogP contribution in [-0.2, 0) is 6.61 Å². The molecular weight excluding hydrogens is 328 g/mol. The maximum absolute atomic E-state index is 12.7. The zero-order chi connectivity index (χ0) is 17.7. The van der Waals surface area contributed by atoms with Gasteiger partial charge in [0.25, 0.3) is 5.91 Å². The Hall–Kier alpha value is -2.34. The number of aryl methyl sites for hydroxylation is 1. The highest BCUT2D eigenvalue weighted by Gasteiger charge is 2.22. The number of anilines is 1. The van der Waals surface area contributed by atoms with Crippen LogP contribution in [0.15, 0.2) is 24.3 Å². The summed E-state index contributed by atoms with van der Waals surface area (Å²) in [6.07, 6.45) is 0. The highest BCUT2D eigenvalue weighted by molar-refractivity contribution is 6.30. The summed E-state index contributed by atoms with van der Waals surface area (Å²) in [4.78, 5) is 22.8. The summed E-state index contributed by atoms with van der Waals surface area (Å²) >= 11 is 5.86. The van der Waals surface area contributed by atoms with E-state index in [1.54, 1.807) is 36.1 Å². The molecule has 7 heteroatoms. The van der Waals surface area contributed by atoms with E-state index in [0.717, 1.165) is 0 Å². The number of rotatable bonds is 6. The van der Waals surface area contributed by atoms with E-state index in [4.69, 9.17) is 22.1 Å². The van der Waals surface area contributed by atoms with E-state index in [-0.39, 0.29) is 18.5 Å². The lowest BCUT2D eigenvalue weighted by Crippen LogP contribution is -2.32. The largest absolute Gasteiger partial charge is 0.487 e. The molecule has 0 aliphatic carbocycles. The van der Waals surface area contributed by atoms with Crippen molar-refractivity contribution in [1.82, 2.24) is 14.9 Å². The summed E-state index contributed by atoms with van der Waals surface area (Å²) in [5.41, 5.74) is 7.21. The van der Waals surface area contributed by atoms with Crippen LogP contribution in [0.25, 0.3) is 0 Å². The lowest BCUT2D eigenvalue weighted by molar-refractivity contribution is 0.0768. The molecule has 128 valence electrons. The van der Waals surface area contributed by atoms with Crippen LogP contribution in [0.2, 0.25) is 5.02 Å². The number of aromatic nitrogens is 2. The average molecular weight is 349 g/mol. The monoisotopic (exact) mass is 348 g/mol. The van der Waals surface area contributed by atoms with E-state index in [1.165, 1.54) is 0 Å². The van der Waals surface area contributed by atoms with Crippen LogP contribution in [0.1, 0.15) is 35.6 Å². The van der Waals surface area contributed by atoms with Crippen molar-refractivity contribution in [3.05, 3.63) is 46.2 Å². The number of carbonyl (C=O) groups is 1. The van der Waals surface area contributed by atoms with Gasteiger partial charge in [-0.15, -0.1) is 0 Å². The number of nitrogens with two attached hydrogens (primary N) is 1. The Morgan fingerprint density at radius 1 is 1.21 bits per heavy atom. The molecule has 0 saturated heterocycles. The first-order valence-electron chi connectivity index (χ1n) is 7.76. The summed E-state index contributed by atoms with van der Waals surface area (Å²) in [5, 5.41) is 0.627. The molecule has 0 radical (unpaired) electrons. The van der Waals surface area contributed by atoms with Gasteiger partial charge in [0.1, 0.15) is 12.4 Å². The van der Waals surface area contributed by atoms with Crippen molar-refractivity contribution in [1.29, 1.82) is 0 Å². The highest BCUT2D eigenvalue weighted by Crippen LogP contribution is 2.20. The Labute approximate surface area is 146 Å². The van der Waals surface area contributed by atoms with Crippen molar-refractivity contribution in [3.63, 3.8) is 0 Å². The van der Waals surface area contributed by atoms with Gasteiger partial charge in [0.15, 0.2) is 0 Å². The number of halogens is 1. The Balaban J connectivity index is 2.30. The number of hydrogen-bond acceptors (Lipinski definition) is 5. The Bertz CT molecular complexity index is 715. The first-order valence-corrected chi connectivity index (χ1v) is 8.14. The molecule has 0 spiro atoms. The molecule has 0 unspecified atom stereocenters. The number of nitrogens with zero attached hydrogens (tertiary/aromatic N) is 3. The predicted molar refractivity (Wildman–Crippen MR) is 94.2 cm³/mol. The second kappa shape index (κ2) is 7.97. The SMILES string of the molecule is CCN(CC)C(=O)c1c(C)nc(N)nc1COc1ccc(Cl)cc1. The summed E-state index contributed by atoms with van der Waals surface area (Å²) in [6.45, 7) is 6.95. The van der Waals surface area contributed by atoms with Crippen LogP contribution in [0.3, 0.4) is 0 Å². The second-order valence-electron chi connectivity index (χ2n) is 5.21. The van der Waals surface area contributed by atoms with Gasteiger partial charge in [0, 0.05) is 18.1 Å². The summed E-state index contributed by atoms with van der Waals surface area (Å²) in [5.74, 6) is 0.640. The Morgan fingerprint density at radius 3 is 2.42 bits per heavy atom. The topological polar surface area (TPSA) is 81.3 Å². The molecule has 1 aromatic carbocycles. The van der Waals surface area contributed by atoms with Gasteiger partial charge in [0.05, 0.1) is 17.0 Å². The molecule has 0 atom stereocenters. The van der Waals surface area contributed by atoms with Crippen molar-refractivity contribution >= 4 is 23.5 Å². The molecule has 2 aromatic rings. The second-order valence-corrected chi connectivity index (χ2v) is 5.65. The van der Waals surface area contributed by atoms with E-state index in [9.17, 15) is 4.79 Å². The molecule has 2 rings (SSSR count). The zero-order valence-electron chi connectivity index (χ0n) is 14.0. The van der Waals surface area contributed by atoms with E-state index < -0.39 is 0 Å². The molecule has 1 amide bonds. The van der Waals surface area contributed by atoms with E-state index >= 15 is 0 Å². The lowest BCUT2D eigenvalue weighted by Gasteiger charge is -2.21. The normalized spacial score (nSPS) is 10.5. The molecule has 24 heavy (non-hydrogen) atoms. The Kier molecular flexibility index (Phi) is 5.98. The van der Waals surface area contributed by atoms with Crippen LogP contribution in [0.5, 0.6) is 5.75 Å². The zero-order valence-corrected chi connectivity index (χ0v) is 14.8. The van der Waals surface area contributed by atoms with E-state index in [0.29, 0.717) is 40.8 Å². The first kappa shape index (κ1) is 18.0. The minimum absolute atomic E-state index is 0.118. The van der Waals surface area contributed by atoms with Crippen molar-refractivity contribution in [2.45, 2.75) is 27.4 Å². The minimum atomic E-state index is -0.118. The minimum Gasteiger partial charge on any atom is -0.487 e. The van der Waals surface area contributed by atoms with E-state index in [2.05, 4.69) is 9.97 Å². The first-order chi connectivity index (χ1) is 11.5. The van der Waals surface area contributed by atoms with Crippen LogP contribution in [0.4, 0.5) is 5.95 Å². The molecular formula is C17H21ClN4O2. The highest BCUT2D eigenvalue weighted by atomic mass is 35.5. The molecule has 0 aliphatic rings. The van der Waals surface area contributed by atoms with Gasteiger partial charge in [-0.25, -0.2) is 9.97 Å². The van der Waals surface area contributed by atoms with Crippen LogP contribution in [-0.4, -0.2) is 33.9 Å². The van der Waals surface area contributed by atoms with Gasteiger partial charge in [-0.05, 0) is 45.0 Å². The fourth-order valence-corrected chi connectivity index (χ4v) is 2.52. The van der Waals surface area contributed by atoms with Crippen LogP contribution >= 0.6 is 11.6 Å². The maximum atomic E-state index is 12.7. The molecule has 0 saturated carbocycles. The van der Waals surface area contributed by atoms with Gasteiger partial charge in [-0.2, -0.15) is 0 Å². The van der Waals surface area contributed by atoms with Crippen molar-refractivity contribution in [2.75, 3.05) is 18.8 Å². The van der Waals surface area contributed by atoms with Gasteiger partial charge in [0.2, 0.25) is 5.95 Å². The van der Waals surface area contributed by atoms with Crippen molar-refractivity contribution in [2.24, 2.45) is 0 Å². The summed E-state index contributed by atoms with van der Waals surface area (Å²) in [6, 6.07) is 6.98.